The summed E-state index contributed by atoms with van der Waals surface area (Å²) >= 11 is 11.9. The molecule has 0 radical (unpaired) electrons. The van der Waals surface area contributed by atoms with Gasteiger partial charge in [0.1, 0.15) is 11.5 Å². The molecule has 1 amide bonds. The van der Waals surface area contributed by atoms with E-state index in [0.29, 0.717) is 34.6 Å². The zero-order chi connectivity index (χ0) is 17.5. The van der Waals surface area contributed by atoms with Gasteiger partial charge in [0.2, 0.25) is 10.0 Å². The van der Waals surface area contributed by atoms with E-state index in [1.807, 2.05) is 0 Å². The summed E-state index contributed by atoms with van der Waals surface area (Å²) in [6, 6.07) is 4.75. The van der Waals surface area contributed by atoms with Gasteiger partial charge in [0.25, 0.3) is 5.91 Å². The van der Waals surface area contributed by atoms with Gasteiger partial charge in [-0.1, -0.05) is 23.2 Å². The molecule has 0 aliphatic carbocycles. The standard InChI is InChI=1S/C14H14Cl2N4O3S/c1-24(22,23)20-5-4-19-7-12(17-13(19)8-20)14(21)18-11-3-2-9(15)6-10(11)16/h2-3,6-7H,4-5,8H2,1H3,(H,18,21). The number of hydrogen-bond donors (Lipinski definition) is 1. The summed E-state index contributed by atoms with van der Waals surface area (Å²) in [5.74, 6) is 0.103. The summed E-state index contributed by atoms with van der Waals surface area (Å²) in [4.78, 5) is 16.6. The molecule has 0 fully saturated rings. The second-order valence-corrected chi connectivity index (χ2v) is 8.24. The van der Waals surface area contributed by atoms with Crippen molar-refractivity contribution in [2.45, 2.75) is 13.1 Å². The fourth-order valence-electron chi connectivity index (χ4n) is 2.40. The van der Waals surface area contributed by atoms with Crippen LogP contribution in [0.15, 0.2) is 24.4 Å². The van der Waals surface area contributed by atoms with Crippen molar-refractivity contribution in [2.75, 3.05) is 18.1 Å². The summed E-state index contributed by atoms with van der Waals surface area (Å²) in [6.07, 6.45) is 2.76. The lowest BCUT2D eigenvalue weighted by molar-refractivity contribution is 0.102. The first kappa shape index (κ1) is 17.2. The lowest BCUT2D eigenvalue weighted by Gasteiger charge is -2.25. The third kappa shape index (κ3) is 3.56. The Kier molecular flexibility index (Phi) is 4.56. The van der Waals surface area contributed by atoms with Gasteiger partial charge >= 0.3 is 0 Å². The van der Waals surface area contributed by atoms with Crippen molar-refractivity contribution >= 4 is 44.8 Å². The molecule has 1 aromatic carbocycles. The Bertz CT molecular complexity index is 911. The third-order valence-electron chi connectivity index (χ3n) is 3.65. The van der Waals surface area contributed by atoms with Gasteiger partial charge < -0.3 is 9.88 Å². The van der Waals surface area contributed by atoms with Crippen molar-refractivity contribution in [1.29, 1.82) is 0 Å². The number of fused-ring (bicyclic) bond motifs is 1. The molecule has 1 aliphatic rings. The van der Waals surface area contributed by atoms with Crippen LogP contribution < -0.4 is 5.32 Å². The number of rotatable bonds is 3. The molecule has 0 saturated heterocycles. The van der Waals surface area contributed by atoms with Crippen LogP contribution in [0.5, 0.6) is 0 Å². The molecule has 3 rings (SSSR count). The molecular weight excluding hydrogens is 375 g/mol. The second kappa shape index (κ2) is 6.36. The number of anilines is 1. The fraction of sp³-hybridized carbons (Fsp3) is 0.286. The van der Waals surface area contributed by atoms with Gasteiger partial charge in [-0.2, -0.15) is 4.31 Å². The molecule has 0 unspecified atom stereocenters. The van der Waals surface area contributed by atoms with Crippen molar-refractivity contribution in [3.8, 4) is 0 Å². The van der Waals surface area contributed by atoms with Crippen LogP contribution in [0, 0.1) is 0 Å². The first-order chi connectivity index (χ1) is 11.2. The molecule has 2 aromatic rings. The molecule has 10 heteroatoms. The first-order valence-corrected chi connectivity index (χ1v) is 9.62. The van der Waals surface area contributed by atoms with Crippen molar-refractivity contribution in [3.05, 3.63) is 46.0 Å². The van der Waals surface area contributed by atoms with Gasteiger partial charge in [-0.25, -0.2) is 13.4 Å². The number of aromatic nitrogens is 2. The summed E-state index contributed by atoms with van der Waals surface area (Å²) < 4.78 is 26.4. The molecule has 0 spiro atoms. The maximum atomic E-state index is 12.3. The molecule has 1 aliphatic heterocycles. The molecule has 128 valence electrons. The van der Waals surface area contributed by atoms with Crippen LogP contribution in [0.3, 0.4) is 0 Å². The smallest absolute Gasteiger partial charge is 0.275 e. The van der Waals surface area contributed by atoms with E-state index in [9.17, 15) is 13.2 Å². The molecule has 7 nitrogen and oxygen atoms in total. The number of hydrogen-bond acceptors (Lipinski definition) is 4. The van der Waals surface area contributed by atoms with Gasteiger partial charge in [0.15, 0.2) is 0 Å². The van der Waals surface area contributed by atoms with E-state index in [-0.39, 0.29) is 12.2 Å². The van der Waals surface area contributed by atoms with Crippen LogP contribution in [0.1, 0.15) is 16.3 Å². The Morgan fingerprint density at radius 3 is 2.71 bits per heavy atom. The number of nitrogens with zero attached hydrogens (tertiary/aromatic N) is 3. The maximum absolute atomic E-state index is 12.3. The Labute approximate surface area is 149 Å². The van der Waals surface area contributed by atoms with E-state index in [2.05, 4.69) is 10.3 Å². The minimum atomic E-state index is -3.29. The minimum Gasteiger partial charge on any atom is -0.332 e. The predicted molar refractivity (Wildman–Crippen MR) is 91.9 cm³/mol. The lowest BCUT2D eigenvalue weighted by Crippen LogP contribution is -2.37. The number of imidazole rings is 1. The highest BCUT2D eigenvalue weighted by Crippen LogP contribution is 2.26. The van der Waals surface area contributed by atoms with E-state index in [1.165, 1.54) is 10.4 Å². The maximum Gasteiger partial charge on any atom is 0.275 e. The summed E-state index contributed by atoms with van der Waals surface area (Å²) in [7, 11) is -3.29. The van der Waals surface area contributed by atoms with Crippen LogP contribution in [0.2, 0.25) is 10.0 Å². The number of carbonyl (C=O) groups is 1. The van der Waals surface area contributed by atoms with E-state index in [4.69, 9.17) is 23.2 Å². The van der Waals surface area contributed by atoms with Crippen LogP contribution in [0.4, 0.5) is 5.69 Å². The number of benzene rings is 1. The molecule has 2 heterocycles. The Morgan fingerprint density at radius 1 is 1.29 bits per heavy atom. The van der Waals surface area contributed by atoms with Gasteiger partial charge in [-0.3, -0.25) is 4.79 Å². The van der Waals surface area contributed by atoms with Gasteiger partial charge in [-0.05, 0) is 18.2 Å². The monoisotopic (exact) mass is 388 g/mol. The molecule has 0 bridgehead atoms. The Morgan fingerprint density at radius 2 is 2.04 bits per heavy atom. The predicted octanol–water partition coefficient (Wildman–Crippen LogP) is 2.22. The minimum absolute atomic E-state index is 0.147. The van der Waals surface area contributed by atoms with Crippen molar-refractivity contribution in [1.82, 2.24) is 13.9 Å². The van der Waals surface area contributed by atoms with E-state index < -0.39 is 15.9 Å². The van der Waals surface area contributed by atoms with Gasteiger partial charge in [0, 0.05) is 24.3 Å². The number of carbonyl (C=O) groups excluding carboxylic acids is 1. The molecule has 0 saturated carbocycles. The summed E-state index contributed by atoms with van der Waals surface area (Å²) in [5, 5.41) is 3.46. The number of amides is 1. The summed E-state index contributed by atoms with van der Waals surface area (Å²) in [6.45, 7) is 0.949. The Hall–Kier alpha value is -1.61. The quantitative estimate of drug-likeness (QED) is 0.873. The van der Waals surface area contributed by atoms with Crippen LogP contribution in [-0.2, 0) is 23.1 Å². The normalized spacial score (nSPS) is 15.1. The average Bonchev–Trinajstić information content (AvgIpc) is 2.92. The number of sulfonamides is 1. The first-order valence-electron chi connectivity index (χ1n) is 7.01. The zero-order valence-corrected chi connectivity index (χ0v) is 15.0. The zero-order valence-electron chi connectivity index (χ0n) is 12.7. The number of halogens is 2. The van der Waals surface area contributed by atoms with Crippen molar-refractivity contribution in [3.63, 3.8) is 0 Å². The molecule has 1 N–H and O–H groups in total. The number of nitrogens with one attached hydrogen (secondary N) is 1. The van der Waals surface area contributed by atoms with Crippen LogP contribution in [-0.4, -0.2) is 41.0 Å². The van der Waals surface area contributed by atoms with Crippen LogP contribution in [0.25, 0.3) is 0 Å². The largest absolute Gasteiger partial charge is 0.332 e. The molecule has 0 atom stereocenters. The molecule has 1 aromatic heterocycles. The SMILES string of the molecule is CS(=O)(=O)N1CCn2cc(C(=O)Nc3ccc(Cl)cc3Cl)nc2C1. The third-order valence-corrected chi connectivity index (χ3v) is 5.45. The molecule has 24 heavy (non-hydrogen) atoms. The van der Waals surface area contributed by atoms with E-state index >= 15 is 0 Å². The highest BCUT2D eigenvalue weighted by atomic mass is 35.5. The van der Waals surface area contributed by atoms with Crippen molar-refractivity contribution < 1.29 is 13.2 Å². The van der Waals surface area contributed by atoms with E-state index in [0.717, 1.165) is 6.26 Å². The highest BCUT2D eigenvalue weighted by molar-refractivity contribution is 7.88. The van der Waals surface area contributed by atoms with Gasteiger partial charge in [-0.15, -0.1) is 0 Å². The highest BCUT2D eigenvalue weighted by Gasteiger charge is 2.26. The second-order valence-electron chi connectivity index (χ2n) is 5.41. The lowest BCUT2D eigenvalue weighted by atomic mass is 10.3. The topological polar surface area (TPSA) is 84.3 Å². The van der Waals surface area contributed by atoms with Crippen molar-refractivity contribution in [2.24, 2.45) is 0 Å². The molecular formula is C14H14Cl2N4O3S. The van der Waals surface area contributed by atoms with E-state index in [1.54, 1.807) is 22.9 Å². The van der Waals surface area contributed by atoms with Gasteiger partial charge in [0.05, 0.1) is 23.5 Å². The summed E-state index contributed by atoms with van der Waals surface area (Å²) in [5.41, 5.74) is 0.626. The van der Waals surface area contributed by atoms with Crippen LogP contribution >= 0.6 is 23.2 Å². The average molecular weight is 389 g/mol. The fourth-order valence-corrected chi connectivity index (χ4v) is 3.62. The Balaban J connectivity index is 1.79.